The summed E-state index contributed by atoms with van der Waals surface area (Å²) in [7, 11) is 2.01. The first kappa shape index (κ1) is 11.5. The third kappa shape index (κ3) is 1.82. The fourth-order valence-corrected chi connectivity index (χ4v) is 2.87. The number of nitrogens with one attached hydrogen (secondary N) is 1. The highest BCUT2D eigenvalue weighted by Gasteiger charge is 2.28. The molecule has 1 atom stereocenters. The van der Waals surface area contributed by atoms with E-state index in [2.05, 4.69) is 49.2 Å². The second-order valence-corrected chi connectivity index (χ2v) is 5.00. The van der Waals surface area contributed by atoms with Crippen LogP contribution in [0.25, 0.3) is 0 Å². The Morgan fingerprint density at radius 3 is 2.81 bits per heavy atom. The van der Waals surface area contributed by atoms with Crippen LogP contribution in [0.2, 0.25) is 0 Å². The first-order valence-corrected chi connectivity index (χ1v) is 6.18. The Balaban J connectivity index is 2.40. The van der Waals surface area contributed by atoms with Crippen molar-refractivity contribution in [2.24, 2.45) is 0 Å². The monoisotopic (exact) mass is 218 g/mol. The first-order chi connectivity index (χ1) is 7.65. The molecule has 1 N–H and O–H groups in total. The smallest absolute Gasteiger partial charge is 0.0407 e. The molecule has 16 heavy (non-hydrogen) atoms. The standard InChI is InChI=1S/C14H22N2/c1-10(2)16-11(3)8-13-12(9-15-4)6-5-7-14(13)16/h5-7,10-11,15H,8-9H2,1-4H3. The lowest BCUT2D eigenvalue weighted by Gasteiger charge is -2.29. The molecule has 0 aliphatic carbocycles. The molecule has 2 rings (SSSR count). The van der Waals surface area contributed by atoms with E-state index in [-0.39, 0.29) is 0 Å². The molecule has 0 fully saturated rings. The predicted octanol–water partition coefficient (Wildman–Crippen LogP) is 2.57. The van der Waals surface area contributed by atoms with Crippen molar-refractivity contribution >= 4 is 5.69 Å². The molecule has 0 saturated carbocycles. The third-order valence-corrected chi connectivity index (χ3v) is 3.42. The van der Waals surface area contributed by atoms with Crippen LogP contribution in [0, 0.1) is 0 Å². The molecule has 0 bridgehead atoms. The van der Waals surface area contributed by atoms with Crippen LogP contribution < -0.4 is 10.2 Å². The number of nitrogens with zero attached hydrogens (tertiary/aromatic N) is 1. The number of benzene rings is 1. The quantitative estimate of drug-likeness (QED) is 0.839. The molecule has 1 aromatic rings. The van der Waals surface area contributed by atoms with Gasteiger partial charge in [-0.1, -0.05) is 12.1 Å². The van der Waals surface area contributed by atoms with Gasteiger partial charge in [0.1, 0.15) is 0 Å². The van der Waals surface area contributed by atoms with Crippen LogP contribution in [0.1, 0.15) is 31.9 Å². The van der Waals surface area contributed by atoms with Crippen molar-refractivity contribution in [2.75, 3.05) is 11.9 Å². The Labute approximate surface area is 98.7 Å². The molecule has 0 amide bonds. The zero-order valence-electron chi connectivity index (χ0n) is 10.7. The van der Waals surface area contributed by atoms with Crippen LogP contribution in [-0.4, -0.2) is 19.1 Å². The van der Waals surface area contributed by atoms with Gasteiger partial charge in [0.2, 0.25) is 0 Å². The Kier molecular flexibility index (Phi) is 3.20. The van der Waals surface area contributed by atoms with Crippen LogP contribution in [0.15, 0.2) is 18.2 Å². The zero-order chi connectivity index (χ0) is 11.7. The average Bonchev–Trinajstić information content (AvgIpc) is 2.55. The van der Waals surface area contributed by atoms with Gasteiger partial charge in [0.25, 0.3) is 0 Å². The summed E-state index contributed by atoms with van der Waals surface area (Å²) in [5, 5.41) is 3.25. The van der Waals surface area contributed by atoms with Gasteiger partial charge < -0.3 is 10.2 Å². The van der Waals surface area contributed by atoms with E-state index in [1.165, 1.54) is 23.2 Å². The summed E-state index contributed by atoms with van der Waals surface area (Å²) >= 11 is 0. The highest BCUT2D eigenvalue weighted by atomic mass is 15.2. The van der Waals surface area contributed by atoms with Gasteiger partial charge in [-0.2, -0.15) is 0 Å². The molecule has 1 aliphatic rings. The molecule has 1 aliphatic heterocycles. The van der Waals surface area contributed by atoms with E-state index in [0.717, 1.165) is 6.54 Å². The molecule has 1 heterocycles. The zero-order valence-corrected chi connectivity index (χ0v) is 10.7. The van der Waals surface area contributed by atoms with Crippen molar-refractivity contribution in [3.05, 3.63) is 29.3 Å². The number of rotatable bonds is 3. The van der Waals surface area contributed by atoms with Gasteiger partial charge in [-0.15, -0.1) is 0 Å². The van der Waals surface area contributed by atoms with Gasteiger partial charge in [0.15, 0.2) is 0 Å². The molecule has 0 saturated heterocycles. The molecule has 1 aromatic carbocycles. The van der Waals surface area contributed by atoms with Gasteiger partial charge in [0.05, 0.1) is 0 Å². The molecular weight excluding hydrogens is 196 g/mol. The lowest BCUT2D eigenvalue weighted by Crippen LogP contribution is -2.35. The van der Waals surface area contributed by atoms with Crippen molar-refractivity contribution in [1.82, 2.24) is 5.32 Å². The first-order valence-electron chi connectivity index (χ1n) is 6.18. The van der Waals surface area contributed by atoms with E-state index in [9.17, 15) is 0 Å². The van der Waals surface area contributed by atoms with E-state index in [0.29, 0.717) is 12.1 Å². The summed E-state index contributed by atoms with van der Waals surface area (Å²) in [6.45, 7) is 7.84. The minimum Gasteiger partial charge on any atom is -0.366 e. The maximum absolute atomic E-state index is 3.25. The van der Waals surface area contributed by atoms with E-state index >= 15 is 0 Å². The molecule has 2 nitrogen and oxygen atoms in total. The second kappa shape index (κ2) is 4.46. The summed E-state index contributed by atoms with van der Waals surface area (Å²) in [5.74, 6) is 0. The molecule has 1 unspecified atom stereocenters. The van der Waals surface area contributed by atoms with Gasteiger partial charge in [-0.3, -0.25) is 0 Å². The topological polar surface area (TPSA) is 15.3 Å². The molecule has 0 radical (unpaired) electrons. The Bertz CT molecular complexity index is 371. The summed E-state index contributed by atoms with van der Waals surface area (Å²) in [6, 6.07) is 7.90. The van der Waals surface area contributed by atoms with E-state index in [1.807, 2.05) is 7.05 Å². The van der Waals surface area contributed by atoms with Gasteiger partial charge in [0, 0.05) is 24.3 Å². The van der Waals surface area contributed by atoms with Crippen LogP contribution >= 0.6 is 0 Å². The number of fused-ring (bicyclic) bond motifs is 1. The van der Waals surface area contributed by atoms with Crippen LogP contribution in [0.3, 0.4) is 0 Å². The van der Waals surface area contributed by atoms with Crippen LogP contribution in [0.5, 0.6) is 0 Å². The van der Waals surface area contributed by atoms with Crippen molar-refractivity contribution in [3.63, 3.8) is 0 Å². The maximum atomic E-state index is 3.25. The summed E-state index contributed by atoms with van der Waals surface area (Å²) < 4.78 is 0. The highest BCUT2D eigenvalue weighted by molar-refractivity contribution is 5.62. The number of anilines is 1. The summed E-state index contributed by atoms with van der Waals surface area (Å²) in [5.41, 5.74) is 4.43. The fourth-order valence-electron chi connectivity index (χ4n) is 2.87. The second-order valence-electron chi connectivity index (χ2n) is 5.00. The van der Waals surface area contributed by atoms with Crippen LogP contribution in [-0.2, 0) is 13.0 Å². The molecule has 0 aromatic heterocycles. The van der Waals surface area contributed by atoms with Gasteiger partial charge in [-0.25, -0.2) is 0 Å². The highest BCUT2D eigenvalue weighted by Crippen LogP contribution is 2.35. The molecule has 2 heteroatoms. The van der Waals surface area contributed by atoms with E-state index < -0.39 is 0 Å². The lowest BCUT2D eigenvalue weighted by molar-refractivity contribution is 0.605. The SMILES string of the molecule is CNCc1cccc2c1CC(C)N2C(C)C. The number of hydrogen-bond acceptors (Lipinski definition) is 2. The Morgan fingerprint density at radius 2 is 2.19 bits per heavy atom. The molecular formula is C14H22N2. The third-order valence-electron chi connectivity index (χ3n) is 3.42. The normalized spacial score (nSPS) is 19.3. The minimum atomic E-state index is 0.584. The Hall–Kier alpha value is -1.02. The van der Waals surface area contributed by atoms with Crippen molar-refractivity contribution < 1.29 is 0 Å². The summed E-state index contributed by atoms with van der Waals surface area (Å²) in [4.78, 5) is 2.54. The van der Waals surface area contributed by atoms with Crippen molar-refractivity contribution in [1.29, 1.82) is 0 Å². The van der Waals surface area contributed by atoms with Gasteiger partial charge in [-0.05, 0) is 51.4 Å². The fraction of sp³-hybridized carbons (Fsp3) is 0.571. The van der Waals surface area contributed by atoms with Crippen molar-refractivity contribution in [2.45, 2.75) is 45.8 Å². The minimum absolute atomic E-state index is 0.584. The van der Waals surface area contributed by atoms with Crippen molar-refractivity contribution in [3.8, 4) is 0 Å². The Morgan fingerprint density at radius 1 is 1.44 bits per heavy atom. The summed E-state index contributed by atoms with van der Waals surface area (Å²) in [6.07, 6.45) is 1.19. The van der Waals surface area contributed by atoms with E-state index in [4.69, 9.17) is 0 Å². The lowest BCUT2D eigenvalue weighted by atomic mass is 10.0. The van der Waals surface area contributed by atoms with E-state index in [1.54, 1.807) is 0 Å². The number of hydrogen-bond donors (Lipinski definition) is 1. The molecule has 88 valence electrons. The largest absolute Gasteiger partial charge is 0.366 e. The maximum Gasteiger partial charge on any atom is 0.0407 e. The predicted molar refractivity (Wildman–Crippen MR) is 70.0 cm³/mol. The van der Waals surface area contributed by atoms with Crippen LogP contribution in [0.4, 0.5) is 5.69 Å². The average molecular weight is 218 g/mol. The molecule has 0 spiro atoms. The van der Waals surface area contributed by atoms with Gasteiger partial charge >= 0.3 is 0 Å².